The summed E-state index contributed by atoms with van der Waals surface area (Å²) < 4.78 is 0. The van der Waals surface area contributed by atoms with Crippen molar-refractivity contribution in [2.24, 2.45) is 0 Å². The molecule has 5 heteroatoms. The predicted octanol–water partition coefficient (Wildman–Crippen LogP) is 1.54. The van der Waals surface area contributed by atoms with Gasteiger partial charge in [0.2, 0.25) is 5.13 Å². The van der Waals surface area contributed by atoms with Gasteiger partial charge in [0.15, 0.2) is 0 Å². The molecule has 0 aliphatic carbocycles. The largest absolute Gasteiger partial charge is 0.374 e. The number of anilines is 1. The molecule has 0 aliphatic rings. The summed E-state index contributed by atoms with van der Waals surface area (Å²) in [5.41, 5.74) is 5.41. The molecular formula is C5H9N3S2. The van der Waals surface area contributed by atoms with Gasteiger partial charge in [-0.2, -0.15) is 11.8 Å². The molecule has 2 N–H and O–H groups in total. The molecule has 0 amide bonds. The van der Waals surface area contributed by atoms with E-state index in [2.05, 4.69) is 17.1 Å². The Kier molecular flexibility index (Phi) is 2.50. The number of rotatable bonds is 2. The predicted molar refractivity (Wildman–Crippen MR) is 46.3 cm³/mol. The monoisotopic (exact) mass is 175 g/mol. The van der Waals surface area contributed by atoms with Crippen LogP contribution >= 0.6 is 23.1 Å². The van der Waals surface area contributed by atoms with Gasteiger partial charge in [-0.1, -0.05) is 11.3 Å². The van der Waals surface area contributed by atoms with E-state index in [0.29, 0.717) is 10.4 Å². The summed E-state index contributed by atoms with van der Waals surface area (Å²) in [7, 11) is 0. The van der Waals surface area contributed by atoms with E-state index in [9.17, 15) is 0 Å². The zero-order chi connectivity index (χ0) is 7.56. The molecule has 0 spiro atoms. The highest BCUT2D eigenvalue weighted by Crippen LogP contribution is 2.28. The minimum atomic E-state index is 0.412. The van der Waals surface area contributed by atoms with Crippen LogP contribution in [0.5, 0.6) is 0 Å². The van der Waals surface area contributed by atoms with Gasteiger partial charge in [-0.25, -0.2) is 0 Å². The number of nitrogens with two attached hydrogens (primary N) is 1. The first-order valence-electron chi connectivity index (χ1n) is 2.85. The normalized spacial score (nSPS) is 13.4. The van der Waals surface area contributed by atoms with Crippen LogP contribution in [-0.2, 0) is 0 Å². The fourth-order valence-corrected chi connectivity index (χ4v) is 1.74. The van der Waals surface area contributed by atoms with Crippen molar-refractivity contribution in [3.63, 3.8) is 0 Å². The van der Waals surface area contributed by atoms with Crippen molar-refractivity contribution in [1.82, 2.24) is 10.2 Å². The second-order valence-corrected chi connectivity index (χ2v) is 4.08. The summed E-state index contributed by atoms with van der Waals surface area (Å²) in [6, 6.07) is 0. The molecule has 0 fully saturated rings. The van der Waals surface area contributed by atoms with Crippen LogP contribution < -0.4 is 5.73 Å². The molecule has 0 saturated heterocycles. The Balaban J connectivity index is 2.74. The molecular weight excluding hydrogens is 166 g/mol. The van der Waals surface area contributed by atoms with Gasteiger partial charge in [0.25, 0.3) is 0 Å². The first-order chi connectivity index (χ1) is 4.74. The molecule has 0 saturated carbocycles. The number of nitrogens with zero attached hydrogens (tertiary/aromatic N) is 2. The lowest BCUT2D eigenvalue weighted by molar-refractivity contribution is 0.973. The number of aromatic nitrogens is 2. The van der Waals surface area contributed by atoms with Crippen molar-refractivity contribution in [2.45, 2.75) is 12.2 Å². The lowest BCUT2D eigenvalue weighted by Gasteiger charge is -1.99. The molecule has 0 bridgehead atoms. The molecule has 3 nitrogen and oxygen atoms in total. The molecule has 1 aromatic heterocycles. The maximum atomic E-state index is 5.41. The van der Waals surface area contributed by atoms with Crippen LogP contribution in [-0.4, -0.2) is 16.5 Å². The van der Waals surface area contributed by atoms with Crippen molar-refractivity contribution in [1.29, 1.82) is 0 Å². The summed E-state index contributed by atoms with van der Waals surface area (Å²) in [6.45, 7) is 2.09. The number of nitrogen functional groups attached to an aromatic ring is 1. The number of thioether (sulfide) groups is 1. The lowest BCUT2D eigenvalue weighted by atomic mass is 10.5. The zero-order valence-electron chi connectivity index (χ0n) is 5.87. The van der Waals surface area contributed by atoms with Crippen LogP contribution in [0.15, 0.2) is 0 Å². The Hall–Kier alpha value is -0.290. The summed E-state index contributed by atoms with van der Waals surface area (Å²) in [6.07, 6.45) is 2.04. The quantitative estimate of drug-likeness (QED) is 0.741. The Labute approximate surface area is 68.0 Å². The molecule has 0 radical (unpaired) electrons. The summed E-state index contributed by atoms with van der Waals surface area (Å²) in [4.78, 5) is 0. The van der Waals surface area contributed by atoms with Gasteiger partial charge in [0, 0.05) is 0 Å². The third kappa shape index (κ3) is 1.60. The minimum absolute atomic E-state index is 0.412. The Bertz CT molecular complexity index is 210. The van der Waals surface area contributed by atoms with Crippen molar-refractivity contribution in [3.8, 4) is 0 Å². The second-order valence-electron chi connectivity index (χ2n) is 1.86. The Morgan fingerprint density at radius 1 is 1.60 bits per heavy atom. The highest BCUT2D eigenvalue weighted by Gasteiger charge is 2.07. The van der Waals surface area contributed by atoms with Gasteiger partial charge in [0.1, 0.15) is 5.01 Å². The SMILES string of the molecule is CS[C@H](C)c1nnc(N)s1. The second kappa shape index (κ2) is 3.21. The van der Waals surface area contributed by atoms with E-state index in [4.69, 9.17) is 5.73 Å². The van der Waals surface area contributed by atoms with Crippen molar-refractivity contribution in [2.75, 3.05) is 12.0 Å². The van der Waals surface area contributed by atoms with Crippen molar-refractivity contribution < 1.29 is 0 Å². The first kappa shape index (κ1) is 7.81. The highest BCUT2D eigenvalue weighted by atomic mass is 32.2. The lowest BCUT2D eigenvalue weighted by Crippen LogP contribution is -1.84. The van der Waals surface area contributed by atoms with Gasteiger partial charge in [0.05, 0.1) is 5.25 Å². The van der Waals surface area contributed by atoms with Crippen molar-refractivity contribution >= 4 is 28.2 Å². The van der Waals surface area contributed by atoms with Gasteiger partial charge in [-0.15, -0.1) is 10.2 Å². The van der Waals surface area contributed by atoms with Crippen molar-refractivity contribution in [3.05, 3.63) is 5.01 Å². The van der Waals surface area contributed by atoms with E-state index in [-0.39, 0.29) is 0 Å². The van der Waals surface area contributed by atoms with E-state index in [1.807, 2.05) is 6.26 Å². The van der Waals surface area contributed by atoms with E-state index < -0.39 is 0 Å². The smallest absolute Gasteiger partial charge is 0.203 e. The van der Waals surface area contributed by atoms with E-state index in [1.165, 1.54) is 11.3 Å². The van der Waals surface area contributed by atoms with Crippen LogP contribution in [0.25, 0.3) is 0 Å². The van der Waals surface area contributed by atoms with Gasteiger partial charge in [-0.3, -0.25) is 0 Å². The van der Waals surface area contributed by atoms with E-state index in [1.54, 1.807) is 11.8 Å². The highest BCUT2D eigenvalue weighted by molar-refractivity contribution is 7.98. The average molecular weight is 175 g/mol. The number of hydrogen-bond acceptors (Lipinski definition) is 5. The molecule has 0 aromatic carbocycles. The summed E-state index contributed by atoms with van der Waals surface area (Å²) in [5.74, 6) is 0. The molecule has 0 aliphatic heterocycles. The molecule has 1 heterocycles. The Morgan fingerprint density at radius 3 is 2.70 bits per heavy atom. The molecule has 56 valence electrons. The fourth-order valence-electron chi connectivity index (χ4n) is 0.512. The zero-order valence-corrected chi connectivity index (χ0v) is 7.50. The van der Waals surface area contributed by atoms with Crippen LogP contribution in [0.2, 0.25) is 0 Å². The van der Waals surface area contributed by atoms with Gasteiger partial charge < -0.3 is 5.73 Å². The standard InChI is InChI=1S/C5H9N3S2/c1-3(9-2)4-7-8-5(6)10-4/h3H,1-2H3,(H2,6,8)/t3-/m1/s1. The van der Waals surface area contributed by atoms with Crippen LogP contribution in [0, 0.1) is 0 Å². The summed E-state index contributed by atoms with van der Waals surface area (Å²) in [5, 5.41) is 9.60. The van der Waals surface area contributed by atoms with Crippen LogP contribution in [0.3, 0.4) is 0 Å². The molecule has 1 atom stereocenters. The molecule has 1 aromatic rings. The first-order valence-corrected chi connectivity index (χ1v) is 4.96. The minimum Gasteiger partial charge on any atom is -0.374 e. The van der Waals surface area contributed by atoms with E-state index >= 15 is 0 Å². The van der Waals surface area contributed by atoms with Crippen LogP contribution in [0.4, 0.5) is 5.13 Å². The average Bonchev–Trinajstić information content (AvgIpc) is 2.34. The number of hydrogen-bond donors (Lipinski definition) is 1. The van der Waals surface area contributed by atoms with Gasteiger partial charge >= 0.3 is 0 Å². The summed E-state index contributed by atoms with van der Waals surface area (Å²) >= 11 is 3.20. The molecule has 0 unspecified atom stereocenters. The molecule has 10 heavy (non-hydrogen) atoms. The van der Waals surface area contributed by atoms with Crippen LogP contribution in [0.1, 0.15) is 17.2 Å². The third-order valence-corrected chi connectivity index (χ3v) is 3.17. The molecule has 1 rings (SSSR count). The van der Waals surface area contributed by atoms with Gasteiger partial charge in [-0.05, 0) is 13.2 Å². The Morgan fingerprint density at radius 2 is 2.30 bits per heavy atom. The maximum Gasteiger partial charge on any atom is 0.203 e. The van der Waals surface area contributed by atoms with E-state index in [0.717, 1.165) is 5.01 Å². The maximum absolute atomic E-state index is 5.41. The topological polar surface area (TPSA) is 51.8 Å². The fraction of sp³-hybridized carbons (Fsp3) is 0.600. The third-order valence-electron chi connectivity index (χ3n) is 1.16.